The minimum atomic E-state index is -0.370. The van der Waals surface area contributed by atoms with Gasteiger partial charge in [0.15, 0.2) is 0 Å². The summed E-state index contributed by atoms with van der Waals surface area (Å²) in [6.45, 7) is 5.24. The highest BCUT2D eigenvalue weighted by Crippen LogP contribution is 2.34. The van der Waals surface area contributed by atoms with Gasteiger partial charge < -0.3 is 9.15 Å². The fourth-order valence-corrected chi connectivity index (χ4v) is 3.28. The number of thioether (sulfide) groups is 1. The molecule has 1 amide bonds. The van der Waals surface area contributed by atoms with Crippen molar-refractivity contribution in [1.82, 2.24) is 4.90 Å². The Bertz CT molecular complexity index is 618. The van der Waals surface area contributed by atoms with E-state index in [1.165, 1.54) is 18.7 Å². The molecular formula is C14H15NO4S2. The molecule has 0 N–H and O–H groups in total. The van der Waals surface area contributed by atoms with Crippen LogP contribution in [0.25, 0.3) is 6.08 Å². The Hall–Kier alpha value is -1.60. The van der Waals surface area contributed by atoms with Gasteiger partial charge in [0.1, 0.15) is 22.4 Å². The Balaban J connectivity index is 2.12. The zero-order valence-corrected chi connectivity index (χ0v) is 13.5. The zero-order chi connectivity index (χ0) is 15.6. The highest BCUT2D eigenvalue weighted by Gasteiger charge is 2.33. The van der Waals surface area contributed by atoms with Crippen LogP contribution in [0.4, 0.5) is 0 Å². The van der Waals surface area contributed by atoms with Gasteiger partial charge in [-0.3, -0.25) is 14.5 Å². The first kappa shape index (κ1) is 15.8. The lowest BCUT2D eigenvalue weighted by Crippen LogP contribution is -2.34. The van der Waals surface area contributed by atoms with E-state index in [-0.39, 0.29) is 24.5 Å². The summed E-state index contributed by atoms with van der Waals surface area (Å²) in [6.07, 6.45) is 1.65. The van der Waals surface area contributed by atoms with E-state index in [1.54, 1.807) is 23.1 Å². The van der Waals surface area contributed by atoms with Crippen LogP contribution < -0.4 is 0 Å². The van der Waals surface area contributed by atoms with Crippen molar-refractivity contribution in [2.45, 2.75) is 33.4 Å². The van der Waals surface area contributed by atoms with Crippen molar-refractivity contribution < 1.29 is 18.7 Å². The number of carbonyl (C=O) groups excluding carboxylic acids is 2. The maximum atomic E-state index is 12.2. The quantitative estimate of drug-likeness (QED) is 0.482. The van der Waals surface area contributed by atoms with Gasteiger partial charge in [-0.1, -0.05) is 24.0 Å². The normalized spacial score (nSPS) is 17.1. The number of thiocarbonyl (C=S) groups is 1. The number of rotatable bonds is 4. The first-order chi connectivity index (χ1) is 9.88. The van der Waals surface area contributed by atoms with E-state index < -0.39 is 0 Å². The lowest BCUT2D eigenvalue weighted by Gasteiger charge is -2.18. The largest absolute Gasteiger partial charge is 0.458 e. The van der Waals surface area contributed by atoms with Crippen LogP contribution in [-0.2, 0) is 20.9 Å². The molecule has 1 aliphatic rings. The van der Waals surface area contributed by atoms with Gasteiger partial charge in [0.05, 0.1) is 4.91 Å². The van der Waals surface area contributed by atoms with Crippen LogP contribution in [0.2, 0.25) is 0 Å². The van der Waals surface area contributed by atoms with E-state index in [0.717, 1.165) is 0 Å². The minimum absolute atomic E-state index is 0.0273. The molecular weight excluding hydrogens is 310 g/mol. The number of esters is 1. The maximum Gasteiger partial charge on any atom is 0.303 e. The summed E-state index contributed by atoms with van der Waals surface area (Å²) in [6, 6.07) is 3.46. The fourth-order valence-electron chi connectivity index (χ4n) is 1.78. The number of ether oxygens (including phenoxy) is 1. The molecule has 0 aromatic carbocycles. The van der Waals surface area contributed by atoms with E-state index in [1.807, 2.05) is 13.8 Å². The van der Waals surface area contributed by atoms with Gasteiger partial charge in [0.25, 0.3) is 5.91 Å². The number of hydrogen-bond acceptors (Lipinski definition) is 6. The van der Waals surface area contributed by atoms with E-state index in [4.69, 9.17) is 21.4 Å². The third kappa shape index (κ3) is 3.74. The summed E-state index contributed by atoms with van der Waals surface area (Å²) in [4.78, 5) is 25.1. The molecule has 0 radical (unpaired) electrons. The van der Waals surface area contributed by atoms with Gasteiger partial charge in [-0.05, 0) is 26.0 Å². The number of amides is 1. The second kappa shape index (κ2) is 6.44. The van der Waals surface area contributed by atoms with Crippen LogP contribution in [-0.4, -0.2) is 27.1 Å². The molecule has 0 bridgehead atoms. The standard InChI is InChI=1S/C14H15NO4S2/c1-8(2)15-13(17)12(21-14(15)20)6-10-4-5-11(19-10)7-18-9(3)16/h4-6,8H,7H2,1-3H3/b12-6+. The molecule has 0 saturated carbocycles. The van der Waals surface area contributed by atoms with E-state index in [2.05, 4.69) is 0 Å². The van der Waals surface area contributed by atoms with Crippen molar-refractivity contribution in [3.63, 3.8) is 0 Å². The predicted octanol–water partition coefficient (Wildman–Crippen LogP) is 2.95. The van der Waals surface area contributed by atoms with E-state index in [0.29, 0.717) is 20.7 Å². The summed E-state index contributed by atoms with van der Waals surface area (Å²) in [5, 5.41) is 0. The molecule has 5 nitrogen and oxygen atoms in total. The Morgan fingerprint density at radius 2 is 2.24 bits per heavy atom. The van der Waals surface area contributed by atoms with Crippen molar-refractivity contribution in [3.05, 3.63) is 28.6 Å². The Labute approximate surface area is 132 Å². The van der Waals surface area contributed by atoms with Crippen LogP contribution >= 0.6 is 24.0 Å². The van der Waals surface area contributed by atoms with Gasteiger partial charge in [0, 0.05) is 19.0 Å². The molecule has 0 spiro atoms. The Morgan fingerprint density at radius 1 is 1.52 bits per heavy atom. The van der Waals surface area contributed by atoms with Gasteiger partial charge in [-0.25, -0.2) is 0 Å². The minimum Gasteiger partial charge on any atom is -0.458 e. The molecule has 2 rings (SSSR count). The lowest BCUT2D eigenvalue weighted by atomic mass is 10.3. The molecule has 0 unspecified atom stereocenters. The first-order valence-corrected chi connectivity index (χ1v) is 7.60. The summed E-state index contributed by atoms with van der Waals surface area (Å²) in [7, 11) is 0. The lowest BCUT2D eigenvalue weighted by molar-refractivity contribution is -0.142. The molecule has 21 heavy (non-hydrogen) atoms. The smallest absolute Gasteiger partial charge is 0.303 e. The monoisotopic (exact) mass is 325 g/mol. The molecule has 1 fully saturated rings. The van der Waals surface area contributed by atoms with Crippen molar-refractivity contribution >= 4 is 46.3 Å². The molecule has 0 atom stereocenters. The first-order valence-electron chi connectivity index (χ1n) is 6.37. The topological polar surface area (TPSA) is 59.8 Å². The van der Waals surface area contributed by atoms with Crippen LogP contribution in [0.15, 0.2) is 21.5 Å². The summed E-state index contributed by atoms with van der Waals surface area (Å²) < 4.78 is 10.9. The Morgan fingerprint density at radius 3 is 2.81 bits per heavy atom. The summed E-state index contributed by atoms with van der Waals surface area (Å²) in [5.74, 6) is 0.570. The van der Waals surface area contributed by atoms with Crippen LogP contribution in [0, 0.1) is 0 Å². The second-order valence-corrected chi connectivity index (χ2v) is 6.41. The third-order valence-corrected chi connectivity index (χ3v) is 4.04. The molecule has 1 aliphatic heterocycles. The highest BCUT2D eigenvalue weighted by molar-refractivity contribution is 8.26. The van der Waals surface area contributed by atoms with Crippen molar-refractivity contribution in [3.8, 4) is 0 Å². The van der Waals surface area contributed by atoms with Gasteiger partial charge >= 0.3 is 5.97 Å². The number of carbonyl (C=O) groups is 2. The molecule has 1 saturated heterocycles. The number of furan rings is 1. The molecule has 1 aromatic heterocycles. The van der Waals surface area contributed by atoms with E-state index >= 15 is 0 Å². The molecule has 2 heterocycles. The average molecular weight is 325 g/mol. The molecule has 0 aliphatic carbocycles. The van der Waals surface area contributed by atoms with Crippen LogP contribution in [0.3, 0.4) is 0 Å². The molecule has 112 valence electrons. The molecule has 7 heteroatoms. The average Bonchev–Trinajstić information content (AvgIpc) is 2.93. The van der Waals surface area contributed by atoms with E-state index in [9.17, 15) is 9.59 Å². The third-order valence-electron chi connectivity index (χ3n) is 2.71. The zero-order valence-electron chi connectivity index (χ0n) is 11.9. The van der Waals surface area contributed by atoms with Crippen molar-refractivity contribution in [2.75, 3.05) is 0 Å². The van der Waals surface area contributed by atoms with Gasteiger partial charge in [-0.15, -0.1) is 0 Å². The van der Waals surface area contributed by atoms with Gasteiger partial charge in [0.2, 0.25) is 0 Å². The number of nitrogens with zero attached hydrogens (tertiary/aromatic N) is 1. The second-order valence-electron chi connectivity index (χ2n) is 4.73. The Kier molecular flexibility index (Phi) is 4.84. The maximum absolute atomic E-state index is 12.2. The molecule has 1 aromatic rings. The van der Waals surface area contributed by atoms with Crippen molar-refractivity contribution in [1.29, 1.82) is 0 Å². The fraction of sp³-hybridized carbons (Fsp3) is 0.357. The SMILES string of the molecule is CC(=O)OCc1ccc(/C=C2/SC(=S)N(C(C)C)C2=O)o1. The van der Waals surface area contributed by atoms with Crippen LogP contribution in [0.1, 0.15) is 32.3 Å². The van der Waals surface area contributed by atoms with Gasteiger partial charge in [-0.2, -0.15) is 0 Å². The number of hydrogen-bond donors (Lipinski definition) is 0. The van der Waals surface area contributed by atoms with Crippen LogP contribution in [0.5, 0.6) is 0 Å². The van der Waals surface area contributed by atoms with Crippen molar-refractivity contribution in [2.24, 2.45) is 0 Å². The highest BCUT2D eigenvalue weighted by atomic mass is 32.2. The predicted molar refractivity (Wildman–Crippen MR) is 84.3 cm³/mol. The summed E-state index contributed by atoms with van der Waals surface area (Å²) in [5.41, 5.74) is 0. The summed E-state index contributed by atoms with van der Waals surface area (Å²) >= 11 is 6.46.